The minimum Gasteiger partial charge on any atom is -0.466 e. The van der Waals surface area contributed by atoms with Crippen molar-refractivity contribution < 1.29 is 22.4 Å². The molecule has 1 heterocycles. The number of furan rings is 1. The third kappa shape index (κ3) is 4.06. The summed E-state index contributed by atoms with van der Waals surface area (Å²) in [5.41, 5.74) is 4.64. The van der Waals surface area contributed by atoms with Gasteiger partial charge in [-0.2, -0.15) is 0 Å². The highest BCUT2D eigenvalue weighted by Gasteiger charge is 2.21. The summed E-state index contributed by atoms with van der Waals surface area (Å²) in [6.45, 7) is 3.31. The van der Waals surface area contributed by atoms with Gasteiger partial charge in [0.25, 0.3) is 11.8 Å². The summed E-state index contributed by atoms with van der Waals surface area (Å²) in [5, 5.41) is 0.0461. The lowest BCUT2D eigenvalue weighted by molar-refractivity contribution is 0.0845. The monoisotopic (exact) mass is 399 g/mol. The molecule has 1 aromatic heterocycles. The van der Waals surface area contributed by atoms with Gasteiger partial charge in [0.05, 0.1) is 21.0 Å². The second-order valence-electron chi connectivity index (χ2n) is 5.66. The van der Waals surface area contributed by atoms with E-state index in [0.29, 0.717) is 11.5 Å². The van der Waals surface area contributed by atoms with Crippen LogP contribution < -0.4 is 10.9 Å². The Kier molecular flexibility index (Phi) is 5.74. The summed E-state index contributed by atoms with van der Waals surface area (Å²) in [7, 11) is -0.984. The lowest BCUT2D eigenvalue weighted by atomic mass is 10.2. The largest absolute Gasteiger partial charge is 0.466 e. The summed E-state index contributed by atoms with van der Waals surface area (Å²) in [5.74, 6) is -0.354. The van der Waals surface area contributed by atoms with Crippen LogP contribution in [0.15, 0.2) is 33.6 Å². The maximum atomic E-state index is 12.3. The average molecular weight is 400 g/mol. The van der Waals surface area contributed by atoms with Crippen LogP contribution in [0, 0.1) is 13.8 Å². The first-order valence-corrected chi connectivity index (χ1v) is 9.25. The van der Waals surface area contributed by atoms with Crippen molar-refractivity contribution in [3.05, 3.63) is 51.9 Å². The van der Waals surface area contributed by atoms with Crippen LogP contribution in [0.3, 0.4) is 0 Å². The Morgan fingerprint density at radius 3 is 2.12 bits per heavy atom. The van der Waals surface area contributed by atoms with Crippen molar-refractivity contribution in [2.75, 3.05) is 14.1 Å². The number of nitrogens with one attached hydrogen (secondary N) is 2. The molecule has 0 radical (unpaired) electrons. The fourth-order valence-electron chi connectivity index (χ4n) is 2.15. The number of hydrogen-bond donors (Lipinski definition) is 2. The van der Waals surface area contributed by atoms with Crippen molar-refractivity contribution >= 4 is 33.4 Å². The molecule has 10 heteroatoms. The Bertz CT molecular complexity index is 966. The Morgan fingerprint density at radius 1 is 1.04 bits per heavy atom. The van der Waals surface area contributed by atoms with Crippen LogP contribution in [0.2, 0.25) is 5.02 Å². The first kappa shape index (κ1) is 20.0. The van der Waals surface area contributed by atoms with E-state index < -0.39 is 21.8 Å². The minimum atomic E-state index is -3.73. The molecule has 2 aromatic rings. The second kappa shape index (κ2) is 7.48. The summed E-state index contributed by atoms with van der Waals surface area (Å²) >= 11 is 5.98. The normalized spacial score (nSPS) is 11.5. The van der Waals surface area contributed by atoms with Crippen molar-refractivity contribution in [2.45, 2.75) is 18.7 Å². The number of carbonyl (C=O) groups is 2. The molecule has 2 rings (SSSR count). The van der Waals surface area contributed by atoms with E-state index in [1.165, 1.54) is 32.3 Å². The number of carbonyl (C=O) groups excluding carboxylic acids is 2. The molecule has 0 atom stereocenters. The topological polar surface area (TPSA) is 109 Å². The zero-order valence-electron chi connectivity index (χ0n) is 14.6. The number of amides is 2. The summed E-state index contributed by atoms with van der Waals surface area (Å²) in [6, 6.07) is 5.28. The van der Waals surface area contributed by atoms with Crippen LogP contribution in [-0.2, 0) is 10.0 Å². The highest BCUT2D eigenvalue weighted by molar-refractivity contribution is 7.89. The lowest BCUT2D eigenvalue weighted by Gasteiger charge is -2.13. The molecule has 0 bridgehead atoms. The van der Waals surface area contributed by atoms with Gasteiger partial charge in [-0.3, -0.25) is 20.4 Å². The van der Waals surface area contributed by atoms with Gasteiger partial charge in [-0.1, -0.05) is 11.6 Å². The molecular formula is C16H18ClN3O5S. The predicted octanol–water partition coefficient (Wildman–Crippen LogP) is 1.87. The Balaban J connectivity index is 2.19. The van der Waals surface area contributed by atoms with E-state index in [4.69, 9.17) is 16.0 Å². The smallest absolute Gasteiger partial charge is 0.273 e. The molecule has 8 nitrogen and oxygen atoms in total. The van der Waals surface area contributed by atoms with Gasteiger partial charge < -0.3 is 4.42 Å². The zero-order chi connectivity index (χ0) is 19.6. The van der Waals surface area contributed by atoms with Crippen LogP contribution in [0.25, 0.3) is 0 Å². The Morgan fingerprint density at radius 2 is 1.62 bits per heavy atom. The van der Waals surface area contributed by atoms with Gasteiger partial charge in [0.15, 0.2) is 0 Å². The molecule has 2 N–H and O–H groups in total. The van der Waals surface area contributed by atoms with Crippen molar-refractivity contribution in [1.82, 2.24) is 15.2 Å². The zero-order valence-corrected chi connectivity index (χ0v) is 16.2. The van der Waals surface area contributed by atoms with Gasteiger partial charge in [0, 0.05) is 14.1 Å². The quantitative estimate of drug-likeness (QED) is 0.763. The number of aryl methyl sites for hydroxylation is 2. The van der Waals surface area contributed by atoms with Gasteiger partial charge >= 0.3 is 0 Å². The van der Waals surface area contributed by atoms with E-state index in [2.05, 4.69) is 10.9 Å². The summed E-state index contributed by atoms with van der Waals surface area (Å²) in [4.78, 5) is 24.3. The van der Waals surface area contributed by atoms with Gasteiger partial charge in [0.1, 0.15) is 11.5 Å². The van der Waals surface area contributed by atoms with Gasteiger partial charge in [0.2, 0.25) is 10.0 Å². The van der Waals surface area contributed by atoms with E-state index >= 15 is 0 Å². The van der Waals surface area contributed by atoms with Crippen LogP contribution in [-0.4, -0.2) is 38.6 Å². The maximum Gasteiger partial charge on any atom is 0.273 e. The third-order valence-electron chi connectivity index (χ3n) is 3.54. The van der Waals surface area contributed by atoms with E-state index in [1.807, 2.05) is 0 Å². The maximum absolute atomic E-state index is 12.3. The fourth-order valence-corrected chi connectivity index (χ4v) is 3.29. The number of benzene rings is 1. The van der Waals surface area contributed by atoms with Gasteiger partial charge in [-0.25, -0.2) is 12.7 Å². The number of sulfonamides is 1. The first-order valence-electron chi connectivity index (χ1n) is 7.44. The SMILES string of the molecule is Cc1cc(C(=O)NNC(=O)c2cc(S(=O)(=O)N(C)C)ccc2Cl)c(C)o1. The van der Waals surface area contributed by atoms with E-state index in [0.717, 1.165) is 10.4 Å². The van der Waals surface area contributed by atoms with Crippen molar-refractivity contribution in [2.24, 2.45) is 0 Å². The highest BCUT2D eigenvalue weighted by Crippen LogP contribution is 2.22. The number of hydrazine groups is 1. The molecule has 0 spiro atoms. The van der Waals surface area contributed by atoms with Crippen LogP contribution in [0.4, 0.5) is 0 Å². The molecular weight excluding hydrogens is 382 g/mol. The molecule has 140 valence electrons. The number of rotatable bonds is 4. The summed E-state index contributed by atoms with van der Waals surface area (Å²) in [6.07, 6.45) is 0. The van der Waals surface area contributed by atoms with Gasteiger partial charge in [-0.15, -0.1) is 0 Å². The number of nitrogens with zero attached hydrogens (tertiary/aromatic N) is 1. The molecule has 0 aliphatic rings. The van der Waals surface area contributed by atoms with Crippen molar-refractivity contribution in [3.8, 4) is 0 Å². The Labute approximate surface area is 156 Å². The van der Waals surface area contributed by atoms with E-state index in [9.17, 15) is 18.0 Å². The lowest BCUT2D eigenvalue weighted by Crippen LogP contribution is -2.41. The molecule has 0 fully saturated rings. The average Bonchev–Trinajstić information content (AvgIpc) is 2.90. The van der Waals surface area contributed by atoms with Crippen LogP contribution in [0.5, 0.6) is 0 Å². The van der Waals surface area contributed by atoms with Gasteiger partial charge in [-0.05, 0) is 38.1 Å². The standard InChI is InChI=1S/C16H18ClN3O5S/c1-9-7-12(10(2)25-9)15(21)18-19-16(22)13-8-11(5-6-14(13)17)26(23,24)20(3)4/h5-8H,1-4H3,(H,18,21)(H,19,22). The molecule has 0 unspecified atom stereocenters. The number of hydrogen-bond acceptors (Lipinski definition) is 5. The van der Waals surface area contributed by atoms with Crippen molar-refractivity contribution in [1.29, 1.82) is 0 Å². The van der Waals surface area contributed by atoms with Crippen LogP contribution in [0.1, 0.15) is 32.2 Å². The molecule has 0 saturated heterocycles. The molecule has 26 heavy (non-hydrogen) atoms. The minimum absolute atomic E-state index is 0.0461. The molecule has 0 aliphatic heterocycles. The third-order valence-corrected chi connectivity index (χ3v) is 5.68. The van der Waals surface area contributed by atoms with E-state index in [-0.39, 0.29) is 21.0 Å². The second-order valence-corrected chi connectivity index (χ2v) is 8.22. The van der Waals surface area contributed by atoms with E-state index in [1.54, 1.807) is 13.8 Å². The van der Waals surface area contributed by atoms with Crippen molar-refractivity contribution in [3.63, 3.8) is 0 Å². The number of halogens is 1. The first-order chi connectivity index (χ1) is 12.0. The highest BCUT2D eigenvalue weighted by atomic mass is 35.5. The Hall–Kier alpha value is -2.36. The van der Waals surface area contributed by atoms with Crippen LogP contribution >= 0.6 is 11.6 Å². The predicted molar refractivity (Wildman–Crippen MR) is 95.4 cm³/mol. The summed E-state index contributed by atoms with van der Waals surface area (Å²) < 4.78 is 30.6. The molecule has 2 amide bonds. The molecule has 0 aliphatic carbocycles. The molecule has 0 saturated carbocycles. The molecule has 1 aromatic carbocycles. The fraction of sp³-hybridized carbons (Fsp3) is 0.250.